The van der Waals surface area contributed by atoms with E-state index in [4.69, 9.17) is 4.99 Å². The second-order valence-electron chi connectivity index (χ2n) is 6.52. The molecule has 0 amide bonds. The first-order chi connectivity index (χ1) is 11.7. The molecular weight excluding hydrogens is 443 g/mol. The van der Waals surface area contributed by atoms with Crippen LogP contribution in [0.2, 0.25) is 0 Å². The lowest BCUT2D eigenvalue weighted by atomic mass is 10.1. The highest BCUT2D eigenvalue weighted by Crippen LogP contribution is 2.40. The van der Waals surface area contributed by atoms with Gasteiger partial charge >= 0.3 is 0 Å². The first-order valence-corrected chi connectivity index (χ1v) is 9.59. The molecule has 1 heterocycles. The standard InChI is InChI=1S/C19H26N4S.HI/c1-4-20-19(21-11-18-22-17(12-24-18)13(2)3)23-16-10-15(16)14-8-6-5-7-9-14;/h5-9,12-13,15-16H,4,10-11H2,1-3H3,(H2,20,21,23);1H. The van der Waals surface area contributed by atoms with Crippen molar-refractivity contribution in [3.05, 3.63) is 52.0 Å². The lowest BCUT2D eigenvalue weighted by Gasteiger charge is -2.11. The fraction of sp³-hybridized carbons (Fsp3) is 0.474. The molecule has 0 saturated heterocycles. The SMILES string of the molecule is CCNC(=NCc1nc(C(C)C)cs1)NC1CC1c1ccccc1.I. The molecule has 2 atom stereocenters. The van der Waals surface area contributed by atoms with Gasteiger partial charge in [0.2, 0.25) is 0 Å². The van der Waals surface area contributed by atoms with Gasteiger partial charge in [-0.3, -0.25) is 0 Å². The van der Waals surface area contributed by atoms with Crippen molar-refractivity contribution in [2.45, 2.75) is 51.6 Å². The van der Waals surface area contributed by atoms with Gasteiger partial charge in [0.15, 0.2) is 5.96 Å². The zero-order valence-corrected chi connectivity index (χ0v) is 18.2. The Morgan fingerprint density at radius 3 is 2.72 bits per heavy atom. The average Bonchev–Trinajstić information content (AvgIpc) is 3.18. The first-order valence-electron chi connectivity index (χ1n) is 8.71. The smallest absolute Gasteiger partial charge is 0.191 e. The predicted molar refractivity (Wildman–Crippen MR) is 117 cm³/mol. The van der Waals surface area contributed by atoms with Crippen LogP contribution >= 0.6 is 35.3 Å². The van der Waals surface area contributed by atoms with Crippen molar-refractivity contribution in [2.75, 3.05) is 6.54 Å². The summed E-state index contributed by atoms with van der Waals surface area (Å²) in [4.78, 5) is 9.36. The molecule has 2 unspecified atom stereocenters. The van der Waals surface area contributed by atoms with Crippen LogP contribution in [0.15, 0.2) is 40.7 Å². The zero-order chi connectivity index (χ0) is 16.9. The number of hydrogen-bond donors (Lipinski definition) is 2. The summed E-state index contributed by atoms with van der Waals surface area (Å²) < 4.78 is 0. The summed E-state index contributed by atoms with van der Waals surface area (Å²) >= 11 is 1.70. The van der Waals surface area contributed by atoms with Crippen molar-refractivity contribution in [3.8, 4) is 0 Å². The quantitative estimate of drug-likeness (QED) is 0.372. The van der Waals surface area contributed by atoms with Gasteiger partial charge < -0.3 is 10.6 Å². The van der Waals surface area contributed by atoms with E-state index < -0.39 is 0 Å². The van der Waals surface area contributed by atoms with Crippen molar-refractivity contribution in [3.63, 3.8) is 0 Å². The monoisotopic (exact) mass is 470 g/mol. The highest BCUT2D eigenvalue weighted by molar-refractivity contribution is 14.0. The fourth-order valence-electron chi connectivity index (χ4n) is 2.73. The largest absolute Gasteiger partial charge is 0.357 e. The molecule has 0 bridgehead atoms. The van der Waals surface area contributed by atoms with Gasteiger partial charge in [0.05, 0.1) is 12.2 Å². The van der Waals surface area contributed by atoms with Crippen LogP contribution in [0.5, 0.6) is 0 Å². The Morgan fingerprint density at radius 2 is 2.08 bits per heavy atom. The minimum atomic E-state index is 0. The van der Waals surface area contributed by atoms with Gasteiger partial charge in [-0.05, 0) is 24.8 Å². The zero-order valence-electron chi connectivity index (χ0n) is 15.0. The third-order valence-corrected chi connectivity index (χ3v) is 5.07. The second-order valence-corrected chi connectivity index (χ2v) is 7.46. The summed E-state index contributed by atoms with van der Waals surface area (Å²) in [6, 6.07) is 11.2. The number of rotatable bonds is 6. The van der Waals surface area contributed by atoms with Crippen molar-refractivity contribution in [2.24, 2.45) is 4.99 Å². The maximum atomic E-state index is 4.71. The number of benzene rings is 1. The molecule has 2 N–H and O–H groups in total. The maximum Gasteiger partial charge on any atom is 0.191 e. The van der Waals surface area contributed by atoms with Crippen molar-refractivity contribution in [1.29, 1.82) is 0 Å². The summed E-state index contributed by atoms with van der Waals surface area (Å²) in [6.45, 7) is 7.94. The fourth-order valence-corrected chi connectivity index (χ4v) is 3.61. The molecule has 25 heavy (non-hydrogen) atoms. The van der Waals surface area contributed by atoms with Gasteiger partial charge in [-0.2, -0.15) is 0 Å². The number of nitrogens with zero attached hydrogens (tertiary/aromatic N) is 2. The molecule has 2 aromatic rings. The number of aliphatic imine (C=N–C) groups is 1. The number of nitrogens with one attached hydrogen (secondary N) is 2. The van der Waals surface area contributed by atoms with Crippen LogP contribution in [0, 0.1) is 0 Å². The van der Waals surface area contributed by atoms with Crippen LogP contribution in [0.1, 0.15) is 55.3 Å². The molecular formula is C19H27IN4S. The van der Waals surface area contributed by atoms with E-state index in [1.165, 1.54) is 12.0 Å². The Balaban J connectivity index is 0.00000225. The van der Waals surface area contributed by atoms with E-state index >= 15 is 0 Å². The molecule has 1 aliphatic rings. The average molecular weight is 470 g/mol. The van der Waals surface area contributed by atoms with Crippen molar-refractivity contribution in [1.82, 2.24) is 15.6 Å². The lowest BCUT2D eigenvalue weighted by Crippen LogP contribution is -2.39. The molecule has 3 rings (SSSR count). The normalized spacial score (nSPS) is 19.4. The lowest BCUT2D eigenvalue weighted by molar-refractivity contribution is 0.789. The van der Waals surface area contributed by atoms with Crippen LogP contribution < -0.4 is 10.6 Å². The van der Waals surface area contributed by atoms with E-state index in [1.807, 2.05) is 0 Å². The second kappa shape index (κ2) is 9.52. The number of halogens is 1. The van der Waals surface area contributed by atoms with Gasteiger partial charge in [-0.25, -0.2) is 9.98 Å². The minimum Gasteiger partial charge on any atom is -0.357 e. The van der Waals surface area contributed by atoms with E-state index in [-0.39, 0.29) is 24.0 Å². The molecule has 1 fully saturated rings. The van der Waals surface area contributed by atoms with Gasteiger partial charge in [0, 0.05) is 23.9 Å². The number of aromatic nitrogens is 1. The number of hydrogen-bond acceptors (Lipinski definition) is 3. The van der Waals surface area contributed by atoms with Crippen molar-refractivity contribution >= 4 is 41.3 Å². The maximum absolute atomic E-state index is 4.71. The summed E-state index contributed by atoms with van der Waals surface area (Å²) in [5.41, 5.74) is 2.57. The van der Waals surface area contributed by atoms with E-state index in [2.05, 4.69) is 72.1 Å². The molecule has 0 aliphatic heterocycles. The van der Waals surface area contributed by atoms with Crippen LogP contribution in [-0.4, -0.2) is 23.5 Å². The number of guanidine groups is 1. The Kier molecular flexibility index (Phi) is 7.68. The molecule has 6 heteroatoms. The summed E-state index contributed by atoms with van der Waals surface area (Å²) in [5.74, 6) is 1.97. The minimum absolute atomic E-state index is 0. The van der Waals surface area contributed by atoms with E-state index in [9.17, 15) is 0 Å². The van der Waals surface area contributed by atoms with Crippen molar-refractivity contribution < 1.29 is 0 Å². The Bertz CT molecular complexity index is 684. The summed E-state index contributed by atoms with van der Waals surface area (Å²) in [6.07, 6.45) is 1.17. The van der Waals surface area contributed by atoms with Gasteiger partial charge in [0.1, 0.15) is 5.01 Å². The Hall–Kier alpha value is -1.15. The van der Waals surface area contributed by atoms with Crippen LogP contribution in [0.4, 0.5) is 0 Å². The molecule has 1 saturated carbocycles. The van der Waals surface area contributed by atoms with E-state index in [0.717, 1.165) is 23.2 Å². The van der Waals surface area contributed by atoms with Crippen LogP contribution in [0.3, 0.4) is 0 Å². The van der Waals surface area contributed by atoms with E-state index in [1.54, 1.807) is 11.3 Å². The molecule has 4 nitrogen and oxygen atoms in total. The molecule has 1 aromatic heterocycles. The molecule has 1 aliphatic carbocycles. The Morgan fingerprint density at radius 1 is 1.32 bits per heavy atom. The highest BCUT2D eigenvalue weighted by Gasteiger charge is 2.38. The number of thiazole rings is 1. The highest BCUT2D eigenvalue weighted by atomic mass is 127. The molecule has 0 radical (unpaired) electrons. The van der Waals surface area contributed by atoms with Crippen LogP contribution in [0.25, 0.3) is 0 Å². The summed E-state index contributed by atoms with van der Waals surface area (Å²) in [7, 11) is 0. The third-order valence-electron chi connectivity index (χ3n) is 4.22. The Labute approximate surface area is 171 Å². The summed E-state index contributed by atoms with van der Waals surface area (Å²) in [5, 5.41) is 10.1. The predicted octanol–water partition coefficient (Wildman–Crippen LogP) is 4.50. The first kappa shape index (κ1) is 20.2. The molecule has 136 valence electrons. The van der Waals surface area contributed by atoms with Gasteiger partial charge in [-0.1, -0.05) is 44.2 Å². The van der Waals surface area contributed by atoms with Gasteiger partial charge in [0.25, 0.3) is 0 Å². The molecule has 0 spiro atoms. The van der Waals surface area contributed by atoms with Gasteiger partial charge in [-0.15, -0.1) is 35.3 Å². The molecule has 1 aromatic carbocycles. The third kappa shape index (κ3) is 5.67. The topological polar surface area (TPSA) is 49.3 Å². The van der Waals surface area contributed by atoms with Crippen LogP contribution in [-0.2, 0) is 6.54 Å². The van der Waals surface area contributed by atoms with E-state index in [0.29, 0.717) is 24.4 Å².